The zero-order chi connectivity index (χ0) is 11.3. The van der Waals surface area contributed by atoms with Gasteiger partial charge in [0, 0.05) is 11.4 Å². The van der Waals surface area contributed by atoms with Crippen molar-refractivity contribution in [3.63, 3.8) is 0 Å². The topological polar surface area (TPSA) is 45.2 Å². The summed E-state index contributed by atoms with van der Waals surface area (Å²) in [6, 6.07) is 0. The van der Waals surface area contributed by atoms with Crippen molar-refractivity contribution in [3.8, 4) is 0 Å². The van der Waals surface area contributed by atoms with Crippen molar-refractivity contribution in [3.05, 3.63) is 15.6 Å². The maximum absolute atomic E-state index is 9.08. The molecule has 0 spiro atoms. The summed E-state index contributed by atoms with van der Waals surface area (Å²) in [4.78, 5) is 5.70. The second-order valence-electron chi connectivity index (χ2n) is 3.91. The number of aryl methyl sites for hydroxylation is 2. The monoisotopic (exact) mass is 228 g/mol. The van der Waals surface area contributed by atoms with Gasteiger partial charge in [-0.25, -0.2) is 4.98 Å². The third kappa shape index (κ3) is 4.73. The highest BCUT2D eigenvalue weighted by Gasteiger charge is 2.03. The van der Waals surface area contributed by atoms with E-state index in [4.69, 9.17) is 5.11 Å². The minimum absolute atomic E-state index is 0.181. The Labute approximate surface area is 95.6 Å². The Hall–Kier alpha value is -0.450. The molecule has 4 heteroatoms. The maximum Gasteiger partial charge on any atom is 0.0900 e. The molecule has 0 aliphatic heterocycles. The first-order valence-electron chi connectivity index (χ1n) is 5.41. The number of hydrogen-bond acceptors (Lipinski definition) is 4. The van der Waals surface area contributed by atoms with Crippen LogP contribution in [0.3, 0.4) is 0 Å². The lowest BCUT2D eigenvalue weighted by molar-refractivity contribution is 0.181. The third-order valence-electron chi connectivity index (χ3n) is 2.26. The van der Waals surface area contributed by atoms with Gasteiger partial charge in [0.05, 0.1) is 16.8 Å². The first kappa shape index (κ1) is 12.6. The van der Waals surface area contributed by atoms with Crippen LogP contribution in [0.25, 0.3) is 0 Å². The van der Waals surface area contributed by atoms with Crippen LogP contribution in [0.15, 0.2) is 0 Å². The average Bonchev–Trinajstić information content (AvgIpc) is 2.44. The molecule has 0 fully saturated rings. The van der Waals surface area contributed by atoms with Gasteiger partial charge in [-0.3, -0.25) is 0 Å². The molecule has 0 bridgehead atoms. The summed E-state index contributed by atoms with van der Waals surface area (Å²) in [5, 5.41) is 13.6. The Morgan fingerprint density at radius 3 is 2.73 bits per heavy atom. The molecule has 1 unspecified atom stereocenters. The van der Waals surface area contributed by atoms with E-state index in [1.54, 1.807) is 11.3 Å². The molecule has 1 atom stereocenters. The smallest absolute Gasteiger partial charge is 0.0900 e. The van der Waals surface area contributed by atoms with Gasteiger partial charge in [0.2, 0.25) is 0 Å². The molecule has 0 aliphatic rings. The highest BCUT2D eigenvalue weighted by molar-refractivity contribution is 7.11. The molecule has 0 saturated heterocycles. The number of nitrogens with one attached hydrogen (secondary N) is 1. The van der Waals surface area contributed by atoms with E-state index in [-0.39, 0.29) is 6.10 Å². The molecule has 15 heavy (non-hydrogen) atoms. The van der Waals surface area contributed by atoms with Crippen molar-refractivity contribution in [1.82, 2.24) is 10.3 Å². The number of rotatable bonds is 6. The van der Waals surface area contributed by atoms with E-state index < -0.39 is 0 Å². The zero-order valence-electron chi connectivity index (χ0n) is 9.71. The van der Waals surface area contributed by atoms with Crippen molar-refractivity contribution < 1.29 is 5.11 Å². The second-order valence-corrected chi connectivity index (χ2v) is 5.20. The molecule has 0 radical (unpaired) electrons. The van der Waals surface area contributed by atoms with Crippen molar-refractivity contribution >= 4 is 11.3 Å². The SMILES string of the molecule is Cc1nc(C)c(CNCCCC(C)O)s1. The molecule has 1 aromatic heterocycles. The fourth-order valence-electron chi connectivity index (χ4n) is 1.46. The van der Waals surface area contributed by atoms with Crippen LogP contribution >= 0.6 is 11.3 Å². The normalized spacial score (nSPS) is 13.1. The molecule has 1 heterocycles. The van der Waals surface area contributed by atoms with Gasteiger partial charge in [-0.05, 0) is 40.2 Å². The third-order valence-corrected chi connectivity index (χ3v) is 3.33. The molecule has 0 amide bonds. The maximum atomic E-state index is 9.08. The Balaban J connectivity index is 2.17. The first-order chi connectivity index (χ1) is 7.09. The molecule has 0 aliphatic carbocycles. The van der Waals surface area contributed by atoms with Gasteiger partial charge in [0.25, 0.3) is 0 Å². The summed E-state index contributed by atoms with van der Waals surface area (Å²) in [7, 11) is 0. The molecule has 1 rings (SSSR count). The highest BCUT2D eigenvalue weighted by Crippen LogP contribution is 2.16. The van der Waals surface area contributed by atoms with Crippen LogP contribution in [0.2, 0.25) is 0 Å². The number of aromatic nitrogens is 1. The summed E-state index contributed by atoms with van der Waals surface area (Å²) < 4.78 is 0. The number of hydrogen-bond donors (Lipinski definition) is 2. The van der Waals surface area contributed by atoms with Gasteiger partial charge in [-0.2, -0.15) is 0 Å². The van der Waals surface area contributed by atoms with E-state index in [2.05, 4.69) is 17.2 Å². The summed E-state index contributed by atoms with van der Waals surface area (Å²) in [6.45, 7) is 7.78. The highest BCUT2D eigenvalue weighted by atomic mass is 32.1. The average molecular weight is 228 g/mol. The Morgan fingerprint density at radius 1 is 1.47 bits per heavy atom. The van der Waals surface area contributed by atoms with E-state index >= 15 is 0 Å². The van der Waals surface area contributed by atoms with E-state index in [9.17, 15) is 0 Å². The van der Waals surface area contributed by atoms with Gasteiger partial charge in [-0.1, -0.05) is 0 Å². The van der Waals surface area contributed by atoms with Gasteiger partial charge in [0.15, 0.2) is 0 Å². The predicted octanol–water partition coefficient (Wildman–Crippen LogP) is 2.01. The lowest BCUT2D eigenvalue weighted by Gasteiger charge is -2.05. The van der Waals surface area contributed by atoms with E-state index in [1.165, 1.54) is 4.88 Å². The van der Waals surface area contributed by atoms with Gasteiger partial charge < -0.3 is 10.4 Å². The van der Waals surface area contributed by atoms with E-state index in [0.29, 0.717) is 0 Å². The first-order valence-corrected chi connectivity index (χ1v) is 6.23. The van der Waals surface area contributed by atoms with Gasteiger partial charge >= 0.3 is 0 Å². The van der Waals surface area contributed by atoms with Crippen LogP contribution in [0.4, 0.5) is 0 Å². The summed E-state index contributed by atoms with van der Waals surface area (Å²) in [5.41, 5.74) is 1.14. The molecular weight excluding hydrogens is 208 g/mol. The second kappa shape index (κ2) is 6.20. The molecular formula is C11H20N2OS. The van der Waals surface area contributed by atoms with Crippen LogP contribution in [-0.4, -0.2) is 22.7 Å². The lowest BCUT2D eigenvalue weighted by Crippen LogP contribution is -2.16. The number of aliphatic hydroxyl groups is 1. The van der Waals surface area contributed by atoms with Crippen LogP contribution in [0.1, 0.15) is 35.3 Å². The largest absolute Gasteiger partial charge is 0.393 e. The van der Waals surface area contributed by atoms with Crippen LogP contribution in [0, 0.1) is 13.8 Å². The molecule has 0 saturated carbocycles. The molecule has 86 valence electrons. The summed E-state index contributed by atoms with van der Waals surface area (Å²) in [6.07, 6.45) is 1.71. The van der Waals surface area contributed by atoms with Crippen LogP contribution in [-0.2, 0) is 6.54 Å². The Morgan fingerprint density at radius 2 is 2.20 bits per heavy atom. The number of thiazole rings is 1. The van der Waals surface area contributed by atoms with Crippen molar-refractivity contribution in [2.75, 3.05) is 6.54 Å². The summed E-state index contributed by atoms with van der Waals surface area (Å²) in [5.74, 6) is 0. The Kier molecular flexibility index (Phi) is 5.22. The van der Waals surface area contributed by atoms with Crippen LogP contribution in [0.5, 0.6) is 0 Å². The molecule has 3 nitrogen and oxygen atoms in total. The number of aliphatic hydroxyl groups excluding tert-OH is 1. The molecule has 1 aromatic rings. The quantitative estimate of drug-likeness (QED) is 0.732. The Bertz CT molecular complexity index is 297. The standard InChI is InChI=1S/C11H20N2OS/c1-8(14)5-4-6-12-7-11-9(2)13-10(3)15-11/h8,12,14H,4-7H2,1-3H3. The zero-order valence-corrected chi connectivity index (χ0v) is 10.5. The van der Waals surface area contributed by atoms with Crippen molar-refractivity contribution in [1.29, 1.82) is 0 Å². The van der Waals surface area contributed by atoms with Gasteiger partial charge in [0.1, 0.15) is 0 Å². The lowest BCUT2D eigenvalue weighted by atomic mass is 10.2. The van der Waals surface area contributed by atoms with Crippen molar-refractivity contribution in [2.45, 2.75) is 46.3 Å². The minimum atomic E-state index is -0.181. The fourth-order valence-corrected chi connectivity index (χ4v) is 2.37. The van der Waals surface area contributed by atoms with E-state index in [1.807, 2.05) is 13.8 Å². The van der Waals surface area contributed by atoms with E-state index in [0.717, 1.165) is 36.6 Å². The summed E-state index contributed by atoms with van der Waals surface area (Å²) >= 11 is 1.76. The molecule has 2 N–H and O–H groups in total. The van der Waals surface area contributed by atoms with Crippen LogP contribution < -0.4 is 5.32 Å². The molecule has 0 aromatic carbocycles. The van der Waals surface area contributed by atoms with Crippen molar-refractivity contribution in [2.24, 2.45) is 0 Å². The predicted molar refractivity (Wildman–Crippen MR) is 64.2 cm³/mol. The minimum Gasteiger partial charge on any atom is -0.393 e. The number of nitrogens with zero attached hydrogens (tertiary/aromatic N) is 1. The van der Waals surface area contributed by atoms with Gasteiger partial charge in [-0.15, -0.1) is 11.3 Å². The fraction of sp³-hybridized carbons (Fsp3) is 0.727.